The predicted molar refractivity (Wildman–Crippen MR) is 82.5 cm³/mol. The van der Waals surface area contributed by atoms with Crippen molar-refractivity contribution in [1.29, 1.82) is 0 Å². The van der Waals surface area contributed by atoms with Gasteiger partial charge in [-0.15, -0.1) is 0 Å². The van der Waals surface area contributed by atoms with Crippen LogP contribution in [0.2, 0.25) is 0 Å². The van der Waals surface area contributed by atoms with E-state index in [1.165, 1.54) is 0 Å². The van der Waals surface area contributed by atoms with Crippen LogP contribution in [-0.4, -0.2) is 41.6 Å². The van der Waals surface area contributed by atoms with Gasteiger partial charge in [0, 0.05) is 18.2 Å². The van der Waals surface area contributed by atoms with Gasteiger partial charge in [0.1, 0.15) is 11.5 Å². The molecule has 0 saturated carbocycles. The zero-order valence-corrected chi connectivity index (χ0v) is 14.0. The molecule has 0 spiro atoms. The van der Waals surface area contributed by atoms with Gasteiger partial charge in [-0.3, -0.25) is 4.79 Å². The van der Waals surface area contributed by atoms with Crippen molar-refractivity contribution in [2.24, 2.45) is 0 Å². The van der Waals surface area contributed by atoms with Gasteiger partial charge in [0.15, 0.2) is 5.69 Å². The van der Waals surface area contributed by atoms with Gasteiger partial charge in [-0.2, -0.15) is 0 Å². The quantitative estimate of drug-likeness (QED) is 0.887. The zero-order valence-electron chi connectivity index (χ0n) is 14.0. The van der Waals surface area contributed by atoms with Crippen LogP contribution in [0.3, 0.4) is 0 Å². The Morgan fingerprint density at radius 2 is 2.17 bits per heavy atom. The molecule has 2 aromatic rings. The van der Waals surface area contributed by atoms with Gasteiger partial charge in [-0.1, -0.05) is 10.3 Å². The number of aryl methyl sites for hydroxylation is 3. The van der Waals surface area contributed by atoms with Crippen molar-refractivity contribution in [2.75, 3.05) is 13.2 Å². The molecule has 8 nitrogen and oxygen atoms in total. The number of carbonyl (C=O) groups excluding carboxylic acids is 1. The van der Waals surface area contributed by atoms with E-state index in [-0.39, 0.29) is 23.7 Å². The van der Waals surface area contributed by atoms with Gasteiger partial charge < -0.3 is 23.8 Å². The van der Waals surface area contributed by atoms with E-state index in [2.05, 4.69) is 15.6 Å². The summed E-state index contributed by atoms with van der Waals surface area (Å²) in [7, 11) is 0. The van der Waals surface area contributed by atoms with Crippen molar-refractivity contribution >= 4 is 5.91 Å². The van der Waals surface area contributed by atoms with Crippen molar-refractivity contribution < 1.29 is 23.3 Å². The summed E-state index contributed by atoms with van der Waals surface area (Å²) in [6, 6.07) is 1.35. The van der Waals surface area contributed by atoms with E-state index in [9.17, 15) is 4.79 Å². The Morgan fingerprint density at radius 3 is 2.83 bits per heavy atom. The Kier molecular flexibility index (Phi) is 4.96. The minimum atomic E-state index is -0.298. The fourth-order valence-electron chi connectivity index (χ4n) is 2.67. The van der Waals surface area contributed by atoms with Crippen LogP contribution in [0.15, 0.2) is 15.1 Å². The molecular weight excluding hydrogens is 314 g/mol. The molecule has 1 N–H and O–H groups in total. The maximum absolute atomic E-state index is 12.2. The minimum Gasteiger partial charge on any atom is -0.379 e. The van der Waals surface area contributed by atoms with Crippen LogP contribution in [0.1, 0.15) is 39.7 Å². The van der Waals surface area contributed by atoms with Gasteiger partial charge >= 0.3 is 0 Å². The van der Waals surface area contributed by atoms with Crippen LogP contribution in [0, 0.1) is 20.8 Å². The van der Waals surface area contributed by atoms with E-state index in [1.807, 2.05) is 13.8 Å². The fraction of sp³-hybridized carbons (Fsp3) is 0.562. The molecule has 1 aliphatic heterocycles. The molecule has 0 radical (unpaired) electrons. The maximum Gasteiger partial charge on any atom is 0.273 e. The molecule has 2 atom stereocenters. The third-order valence-electron chi connectivity index (χ3n) is 4.09. The fourth-order valence-corrected chi connectivity index (χ4v) is 2.67. The van der Waals surface area contributed by atoms with Crippen LogP contribution in [-0.2, 0) is 16.1 Å². The number of amides is 1. The number of carbonyl (C=O) groups is 1. The topological polar surface area (TPSA) is 99.6 Å². The third-order valence-corrected chi connectivity index (χ3v) is 4.09. The summed E-state index contributed by atoms with van der Waals surface area (Å²) in [5.74, 6) is 1.04. The number of ether oxygens (including phenoxy) is 2. The van der Waals surface area contributed by atoms with Gasteiger partial charge in [0.25, 0.3) is 5.91 Å². The Balaban J connectivity index is 1.62. The van der Waals surface area contributed by atoms with Crippen molar-refractivity contribution in [3.05, 3.63) is 34.5 Å². The second-order valence-corrected chi connectivity index (χ2v) is 5.92. The maximum atomic E-state index is 12.2. The molecule has 24 heavy (non-hydrogen) atoms. The molecule has 1 amide bonds. The number of aromatic nitrogens is 2. The lowest BCUT2D eigenvalue weighted by Crippen LogP contribution is -2.50. The van der Waals surface area contributed by atoms with E-state index in [0.717, 1.165) is 17.0 Å². The normalized spacial score (nSPS) is 21.0. The molecule has 3 rings (SSSR count). The molecule has 0 aromatic carbocycles. The largest absolute Gasteiger partial charge is 0.379 e. The highest BCUT2D eigenvalue weighted by Crippen LogP contribution is 2.18. The van der Waals surface area contributed by atoms with Crippen molar-refractivity contribution in [3.63, 3.8) is 0 Å². The molecule has 0 unspecified atom stereocenters. The number of nitrogens with zero attached hydrogens (tertiary/aromatic N) is 2. The SMILES string of the molecule is Cc1cc(C(=O)N[C@@H]2COCC[C@@H]2OCc2c(C)noc2C)no1. The molecule has 3 heterocycles. The summed E-state index contributed by atoms with van der Waals surface area (Å²) in [6.45, 7) is 6.86. The van der Waals surface area contributed by atoms with Crippen molar-refractivity contribution in [1.82, 2.24) is 15.6 Å². The van der Waals surface area contributed by atoms with Crippen LogP contribution >= 0.6 is 0 Å². The molecule has 1 aliphatic rings. The summed E-state index contributed by atoms with van der Waals surface area (Å²) >= 11 is 0. The second-order valence-electron chi connectivity index (χ2n) is 5.92. The Bertz CT molecular complexity index is 689. The average Bonchev–Trinajstić information content (AvgIpc) is 3.13. The minimum absolute atomic E-state index is 0.149. The number of nitrogens with one attached hydrogen (secondary N) is 1. The smallest absolute Gasteiger partial charge is 0.273 e. The second kappa shape index (κ2) is 7.14. The molecule has 130 valence electrons. The molecular formula is C16H21N3O5. The van der Waals surface area contributed by atoms with E-state index in [1.54, 1.807) is 13.0 Å². The summed E-state index contributed by atoms with van der Waals surface area (Å²) in [5.41, 5.74) is 2.01. The lowest BCUT2D eigenvalue weighted by molar-refractivity contribution is -0.0608. The lowest BCUT2D eigenvalue weighted by atomic mass is 10.1. The summed E-state index contributed by atoms with van der Waals surface area (Å²) in [6.07, 6.45) is 0.552. The highest BCUT2D eigenvalue weighted by atomic mass is 16.5. The van der Waals surface area contributed by atoms with Gasteiger partial charge in [0.2, 0.25) is 0 Å². The average molecular weight is 335 g/mol. The third kappa shape index (κ3) is 3.65. The molecule has 1 saturated heterocycles. The van der Waals surface area contributed by atoms with Crippen LogP contribution in [0.4, 0.5) is 0 Å². The van der Waals surface area contributed by atoms with Gasteiger partial charge in [-0.05, 0) is 27.2 Å². The van der Waals surface area contributed by atoms with Crippen LogP contribution < -0.4 is 5.32 Å². The first-order chi connectivity index (χ1) is 11.5. The molecule has 8 heteroatoms. The monoisotopic (exact) mass is 335 g/mol. The number of rotatable bonds is 5. The Hall–Kier alpha value is -2.19. The standard InChI is InChI=1S/C16H21N3O5/c1-9-6-13(19-23-9)16(20)17-14-8-21-5-4-15(14)22-7-12-10(2)18-24-11(12)3/h6,14-15H,4-5,7-8H2,1-3H3,(H,17,20)/t14-,15+/m1/s1. The molecule has 0 bridgehead atoms. The van der Waals surface area contributed by atoms with E-state index in [0.29, 0.717) is 32.0 Å². The Labute approximate surface area is 139 Å². The van der Waals surface area contributed by atoms with Gasteiger partial charge in [0.05, 0.1) is 31.1 Å². The number of hydrogen-bond acceptors (Lipinski definition) is 7. The summed E-state index contributed by atoms with van der Waals surface area (Å²) in [4.78, 5) is 12.2. The molecule has 1 fully saturated rings. The number of hydrogen-bond donors (Lipinski definition) is 1. The summed E-state index contributed by atoms with van der Waals surface area (Å²) in [5, 5.41) is 10.6. The highest BCUT2D eigenvalue weighted by Gasteiger charge is 2.29. The summed E-state index contributed by atoms with van der Waals surface area (Å²) < 4.78 is 21.6. The molecule has 2 aromatic heterocycles. The van der Waals surface area contributed by atoms with Crippen LogP contribution in [0.5, 0.6) is 0 Å². The van der Waals surface area contributed by atoms with E-state index < -0.39 is 0 Å². The first-order valence-corrected chi connectivity index (χ1v) is 7.90. The van der Waals surface area contributed by atoms with Crippen molar-refractivity contribution in [2.45, 2.75) is 45.9 Å². The zero-order chi connectivity index (χ0) is 17.1. The van der Waals surface area contributed by atoms with Crippen LogP contribution in [0.25, 0.3) is 0 Å². The van der Waals surface area contributed by atoms with E-state index in [4.69, 9.17) is 18.5 Å². The predicted octanol–water partition coefficient (Wildman–Crippen LogP) is 1.69. The Morgan fingerprint density at radius 1 is 1.33 bits per heavy atom. The first-order valence-electron chi connectivity index (χ1n) is 7.90. The molecule has 0 aliphatic carbocycles. The highest BCUT2D eigenvalue weighted by molar-refractivity contribution is 5.92. The van der Waals surface area contributed by atoms with Gasteiger partial charge in [-0.25, -0.2) is 0 Å². The van der Waals surface area contributed by atoms with Crippen molar-refractivity contribution in [3.8, 4) is 0 Å². The first kappa shape index (κ1) is 16.7. The van der Waals surface area contributed by atoms with E-state index >= 15 is 0 Å². The lowest BCUT2D eigenvalue weighted by Gasteiger charge is -2.31.